The Labute approximate surface area is 119 Å². The molecule has 1 N–H and O–H groups in total. The first-order chi connectivity index (χ1) is 9.84. The topological polar surface area (TPSA) is 134 Å². The van der Waals surface area contributed by atoms with Crippen molar-refractivity contribution in [3.8, 4) is 0 Å². The zero-order chi connectivity index (χ0) is 15.6. The first-order valence-corrected chi connectivity index (χ1v) is 6.97. The summed E-state index contributed by atoms with van der Waals surface area (Å²) in [5.74, 6) is 0. The number of nitrogens with zero attached hydrogens (tertiary/aromatic N) is 1. The number of nitrogens with one attached hydrogen (secondary N) is 1. The van der Waals surface area contributed by atoms with Crippen LogP contribution in [0.15, 0.2) is 24.3 Å². The summed E-state index contributed by atoms with van der Waals surface area (Å²) in [6.45, 7) is 0. The highest BCUT2D eigenvalue weighted by Crippen LogP contribution is 2.36. The summed E-state index contributed by atoms with van der Waals surface area (Å²) in [6.07, 6.45) is -4.22. The zero-order valence-electron chi connectivity index (χ0n) is 10.6. The molecule has 1 saturated heterocycles. The Kier molecular flexibility index (Phi) is 4.06. The molecular formula is C10H10N2O8S. The second kappa shape index (κ2) is 5.63. The van der Waals surface area contributed by atoms with Gasteiger partial charge in [-0.1, -0.05) is 12.1 Å². The molecule has 10 nitrogen and oxygen atoms in total. The average molecular weight is 318 g/mol. The first-order valence-electron chi connectivity index (χ1n) is 5.56. The van der Waals surface area contributed by atoms with Gasteiger partial charge in [0.05, 0.1) is 10.5 Å². The first kappa shape index (κ1) is 15.2. The van der Waals surface area contributed by atoms with Crippen molar-refractivity contribution in [1.29, 1.82) is 0 Å². The van der Waals surface area contributed by atoms with E-state index in [1.165, 1.54) is 24.3 Å². The lowest BCUT2D eigenvalue weighted by Gasteiger charge is -2.15. The van der Waals surface area contributed by atoms with Gasteiger partial charge in [0.25, 0.3) is 12.0 Å². The number of cyclic esters (lactones) is 2. The van der Waals surface area contributed by atoms with Crippen LogP contribution in [0.2, 0.25) is 0 Å². The molecule has 0 spiro atoms. The van der Waals surface area contributed by atoms with Crippen LogP contribution in [-0.2, 0) is 24.0 Å². The highest BCUT2D eigenvalue weighted by Gasteiger charge is 2.44. The maximum Gasteiger partial charge on any atom is 0.511 e. The van der Waals surface area contributed by atoms with Gasteiger partial charge in [0.1, 0.15) is 0 Å². The monoisotopic (exact) mass is 318 g/mol. The van der Waals surface area contributed by atoms with Crippen LogP contribution in [0.25, 0.3) is 0 Å². The number of hydrogen-bond acceptors (Lipinski definition) is 8. The molecule has 2 rings (SSSR count). The summed E-state index contributed by atoms with van der Waals surface area (Å²) < 4.78 is 38.5. The van der Waals surface area contributed by atoms with Gasteiger partial charge in [-0.25, -0.2) is 8.98 Å². The molecule has 1 aliphatic rings. The van der Waals surface area contributed by atoms with E-state index in [0.29, 0.717) is 0 Å². The molecule has 0 bridgehead atoms. The summed E-state index contributed by atoms with van der Waals surface area (Å²) in [5, 5.41) is 11.0. The van der Waals surface area contributed by atoms with Gasteiger partial charge in [0.15, 0.2) is 0 Å². The molecule has 0 aromatic heterocycles. The molecule has 0 amide bonds. The summed E-state index contributed by atoms with van der Waals surface area (Å²) in [7, 11) is -3.09. The van der Waals surface area contributed by atoms with E-state index in [2.05, 4.69) is 8.92 Å². The van der Waals surface area contributed by atoms with E-state index in [1.54, 1.807) is 0 Å². The quantitative estimate of drug-likeness (QED) is 0.474. The summed E-state index contributed by atoms with van der Waals surface area (Å²) in [5.41, 5.74) is -0.388. The van der Waals surface area contributed by atoms with Gasteiger partial charge in [0.2, 0.25) is 6.10 Å². The van der Waals surface area contributed by atoms with E-state index < -0.39 is 33.8 Å². The molecule has 1 heterocycles. The smallest absolute Gasteiger partial charge is 0.419 e. The number of nitro benzene ring substituents is 1. The van der Waals surface area contributed by atoms with Crippen LogP contribution in [0, 0.1) is 10.1 Å². The number of nitro groups is 1. The molecule has 11 heteroatoms. The fourth-order valence-corrected chi connectivity index (χ4v) is 2.18. The number of hydrogen-bond donors (Lipinski definition) is 1. The summed E-state index contributed by atoms with van der Waals surface area (Å²) in [6, 6.07) is 5.38. The molecule has 2 unspecified atom stereocenters. The lowest BCUT2D eigenvalue weighted by Crippen LogP contribution is -2.30. The molecular weight excluding hydrogens is 308 g/mol. The van der Waals surface area contributed by atoms with Crippen molar-refractivity contribution < 1.29 is 31.8 Å². The van der Waals surface area contributed by atoms with Crippen LogP contribution in [0.3, 0.4) is 0 Å². The van der Waals surface area contributed by atoms with E-state index in [4.69, 9.17) is 4.74 Å². The van der Waals surface area contributed by atoms with Gasteiger partial charge in [0, 0.05) is 13.1 Å². The minimum absolute atomic E-state index is 0.0374. The highest BCUT2D eigenvalue weighted by atomic mass is 32.2. The van der Waals surface area contributed by atoms with Crippen molar-refractivity contribution in [1.82, 2.24) is 4.72 Å². The van der Waals surface area contributed by atoms with Crippen molar-refractivity contribution in [2.45, 2.75) is 12.4 Å². The summed E-state index contributed by atoms with van der Waals surface area (Å²) >= 11 is 0. The van der Waals surface area contributed by atoms with Gasteiger partial charge in [-0.3, -0.25) is 10.1 Å². The van der Waals surface area contributed by atoms with Crippen molar-refractivity contribution in [3.05, 3.63) is 39.9 Å². The number of benzene rings is 1. The molecule has 114 valence electrons. The van der Waals surface area contributed by atoms with Gasteiger partial charge in [-0.05, 0) is 6.07 Å². The van der Waals surface area contributed by atoms with E-state index >= 15 is 0 Å². The van der Waals surface area contributed by atoms with Crippen LogP contribution >= 0.6 is 0 Å². The van der Waals surface area contributed by atoms with Gasteiger partial charge in [-0.15, -0.1) is 0 Å². The normalized spacial score (nSPS) is 21.7. The van der Waals surface area contributed by atoms with Crippen LogP contribution in [-0.4, -0.2) is 32.8 Å². The third-order valence-electron chi connectivity index (χ3n) is 2.59. The molecule has 1 aliphatic heterocycles. The maximum atomic E-state index is 11.3. The lowest BCUT2D eigenvalue weighted by molar-refractivity contribution is -0.386. The van der Waals surface area contributed by atoms with E-state index in [-0.39, 0.29) is 11.3 Å². The predicted octanol–water partition coefficient (Wildman–Crippen LogP) is 0.610. The Morgan fingerprint density at radius 1 is 1.33 bits per heavy atom. The SMILES string of the molecule is CNS(=O)(=O)OC1OC(=O)OC1c1ccccc1[N+](=O)[O-]. The molecule has 1 aromatic carbocycles. The Morgan fingerprint density at radius 3 is 2.62 bits per heavy atom. The number of para-hydroxylation sites is 1. The fraction of sp³-hybridized carbons (Fsp3) is 0.300. The van der Waals surface area contributed by atoms with Crippen molar-refractivity contribution >= 4 is 22.1 Å². The van der Waals surface area contributed by atoms with Crippen LogP contribution in [0.1, 0.15) is 11.7 Å². The molecule has 21 heavy (non-hydrogen) atoms. The Hall–Kier alpha value is -2.24. The largest absolute Gasteiger partial charge is 0.511 e. The van der Waals surface area contributed by atoms with Crippen LogP contribution < -0.4 is 4.72 Å². The van der Waals surface area contributed by atoms with Gasteiger partial charge >= 0.3 is 16.5 Å². The fourth-order valence-electron chi connectivity index (χ4n) is 1.69. The Morgan fingerprint density at radius 2 is 2.00 bits per heavy atom. The third-order valence-corrected chi connectivity index (χ3v) is 3.54. The molecule has 1 fully saturated rings. The minimum Gasteiger partial charge on any atom is -0.419 e. The van der Waals surface area contributed by atoms with Crippen molar-refractivity contribution in [3.63, 3.8) is 0 Å². The van der Waals surface area contributed by atoms with Gasteiger partial charge in [-0.2, -0.15) is 13.1 Å². The van der Waals surface area contributed by atoms with Crippen molar-refractivity contribution in [2.75, 3.05) is 7.05 Å². The van der Waals surface area contributed by atoms with E-state index in [1.807, 2.05) is 4.72 Å². The number of ether oxygens (including phenoxy) is 2. The standard InChI is InChI=1S/C10H10N2O8S/c1-11-21(16,17)20-9-8(18-10(13)19-9)6-4-2-3-5-7(6)12(14)15/h2-5,8-9,11H,1H3. The van der Waals surface area contributed by atoms with Crippen LogP contribution in [0.4, 0.5) is 10.5 Å². The van der Waals surface area contributed by atoms with Gasteiger partial charge < -0.3 is 9.47 Å². The number of carbonyl (C=O) groups excluding carboxylic acids is 1. The Bertz CT molecular complexity index is 673. The molecule has 0 radical (unpaired) electrons. The highest BCUT2D eigenvalue weighted by molar-refractivity contribution is 7.84. The van der Waals surface area contributed by atoms with E-state index in [9.17, 15) is 23.3 Å². The summed E-state index contributed by atoms with van der Waals surface area (Å²) in [4.78, 5) is 21.5. The molecule has 2 atom stereocenters. The lowest BCUT2D eigenvalue weighted by atomic mass is 10.1. The van der Waals surface area contributed by atoms with E-state index in [0.717, 1.165) is 7.05 Å². The average Bonchev–Trinajstić information content (AvgIpc) is 2.78. The minimum atomic E-state index is -4.18. The second-order valence-electron chi connectivity index (χ2n) is 3.85. The number of carbonyl (C=O) groups is 1. The molecule has 0 saturated carbocycles. The molecule has 1 aromatic rings. The maximum absolute atomic E-state index is 11.3. The second-order valence-corrected chi connectivity index (χ2v) is 5.35. The predicted molar refractivity (Wildman–Crippen MR) is 66.3 cm³/mol. The number of rotatable bonds is 5. The van der Waals surface area contributed by atoms with Crippen LogP contribution in [0.5, 0.6) is 0 Å². The van der Waals surface area contributed by atoms with Crippen molar-refractivity contribution in [2.24, 2.45) is 0 Å². The molecule has 0 aliphatic carbocycles. The third kappa shape index (κ3) is 3.26. The zero-order valence-corrected chi connectivity index (χ0v) is 11.4. The Balaban J connectivity index is 2.37.